The lowest BCUT2D eigenvalue weighted by atomic mass is 10.1. The number of aromatic amines is 2. The number of H-pyrrole nitrogens is 2. The molecule has 0 unspecified atom stereocenters. The van der Waals surface area contributed by atoms with Gasteiger partial charge in [-0.05, 0) is 54.9 Å². The van der Waals surface area contributed by atoms with Crippen molar-refractivity contribution in [3.8, 4) is 0 Å². The predicted octanol–water partition coefficient (Wildman–Crippen LogP) is 3.44. The van der Waals surface area contributed by atoms with Crippen molar-refractivity contribution in [3.05, 3.63) is 74.9 Å². The van der Waals surface area contributed by atoms with Crippen molar-refractivity contribution in [1.29, 1.82) is 0 Å². The maximum Gasteiger partial charge on any atom is 0.261 e. The quantitative estimate of drug-likeness (QED) is 0.359. The molecule has 4 rings (SSSR count). The minimum Gasteiger partial charge on any atom is -0.361 e. The van der Waals surface area contributed by atoms with Crippen LogP contribution in [0.3, 0.4) is 0 Å². The molecule has 2 heterocycles. The van der Waals surface area contributed by atoms with Crippen LogP contribution in [-0.4, -0.2) is 27.0 Å². The highest BCUT2D eigenvalue weighted by molar-refractivity contribution is 7.71. The van der Waals surface area contributed by atoms with E-state index >= 15 is 0 Å². The number of nitrogens with one attached hydrogen (secondary N) is 3. The van der Waals surface area contributed by atoms with Crippen LogP contribution in [0.4, 0.5) is 0 Å². The Morgan fingerprint density at radius 3 is 2.82 bits per heavy atom. The van der Waals surface area contributed by atoms with Gasteiger partial charge >= 0.3 is 0 Å². The van der Waals surface area contributed by atoms with E-state index in [2.05, 4.69) is 27.4 Å². The number of fused-ring (bicyclic) bond motifs is 2. The van der Waals surface area contributed by atoms with Gasteiger partial charge in [-0.1, -0.05) is 18.2 Å². The highest BCUT2D eigenvalue weighted by Crippen LogP contribution is 2.18. The standard InChI is InChI=1S/C21H20N4O2S/c1-25-20(27)16-9-8-13(11-18(16)24-21(25)28)19(26)22-10-4-5-14-12-23-17-7-3-2-6-15(14)17/h2-3,6-9,11-12,23H,4-5,10H2,1H3,(H,22,26)(H,24,28). The first-order valence-electron chi connectivity index (χ1n) is 9.11. The van der Waals surface area contributed by atoms with Crippen molar-refractivity contribution in [3.63, 3.8) is 0 Å². The molecule has 0 saturated heterocycles. The van der Waals surface area contributed by atoms with Crippen LogP contribution in [0.2, 0.25) is 0 Å². The number of benzene rings is 2. The number of para-hydroxylation sites is 1. The molecule has 142 valence electrons. The summed E-state index contributed by atoms with van der Waals surface area (Å²) in [5, 5.41) is 4.67. The highest BCUT2D eigenvalue weighted by Gasteiger charge is 2.09. The average Bonchev–Trinajstić information content (AvgIpc) is 3.12. The number of carbonyl (C=O) groups is 1. The fourth-order valence-electron chi connectivity index (χ4n) is 3.37. The number of amides is 1. The SMILES string of the molecule is Cn1c(=S)[nH]c2cc(C(=O)NCCCc3c[nH]c4ccccc34)ccc2c1=O. The minimum atomic E-state index is -0.176. The predicted molar refractivity (Wildman–Crippen MR) is 113 cm³/mol. The van der Waals surface area contributed by atoms with E-state index < -0.39 is 0 Å². The van der Waals surface area contributed by atoms with Crippen molar-refractivity contribution in [2.45, 2.75) is 12.8 Å². The molecule has 0 spiro atoms. The van der Waals surface area contributed by atoms with Crippen LogP contribution in [0.25, 0.3) is 21.8 Å². The monoisotopic (exact) mass is 392 g/mol. The zero-order chi connectivity index (χ0) is 19.7. The number of carbonyl (C=O) groups excluding carboxylic acids is 1. The fourth-order valence-corrected chi connectivity index (χ4v) is 3.56. The van der Waals surface area contributed by atoms with Crippen LogP contribution in [0, 0.1) is 4.77 Å². The molecule has 0 aliphatic carbocycles. The van der Waals surface area contributed by atoms with Gasteiger partial charge in [0, 0.05) is 36.3 Å². The van der Waals surface area contributed by atoms with Gasteiger partial charge in [0.1, 0.15) is 0 Å². The zero-order valence-electron chi connectivity index (χ0n) is 15.4. The zero-order valence-corrected chi connectivity index (χ0v) is 16.2. The Morgan fingerprint density at radius 1 is 1.14 bits per heavy atom. The topological polar surface area (TPSA) is 82.7 Å². The second kappa shape index (κ2) is 7.44. The van der Waals surface area contributed by atoms with Crippen molar-refractivity contribution in [2.75, 3.05) is 6.54 Å². The molecule has 0 radical (unpaired) electrons. The molecule has 2 aromatic heterocycles. The van der Waals surface area contributed by atoms with E-state index in [1.807, 2.05) is 18.3 Å². The van der Waals surface area contributed by atoms with E-state index in [-0.39, 0.29) is 11.5 Å². The van der Waals surface area contributed by atoms with Gasteiger partial charge in [-0.15, -0.1) is 0 Å². The van der Waals surface area contributed by atoms with E-state index in [0.29, 0.717) is 27.8 Å². The van der Waals surface area contributed by atoms with Crippen LogP contribution in [0.1, 0.15) is 22.3 Å². The Labute approximate surface area is 166 Å². The Bertz CT molecular complexity index is 1300. The van der Waals surface area contributed by atoms with Crippen molar-refractivity contribution < 1.29 is 4.79 Å². The molecule has 3 N–H and O–H groups in total. The van der Waals surface area contributed by atoms with Gasteiger partial charge < -0.3 is 15.3 Å². The van der Waals surface area contributed by atoms with Gasteiger partial charge in [0.25, 0.3) is 11.5 Å². The van der Waals surface area contributed by atoms with Crippen LogP contribution in [0.5, 0.6) is 0 Å². The van der Waals surface area contributed by atoms with Crippen LogP contribution < -0.4 is 10.9 Å². The van der Waals surface area contributed by atoms with Crippen molar-refractivity contribution >= 4 is 39.9 Å². The molecular weight excluding hydrogens is 372 g/mol. The second-order valence-electron chi connectivity index (χ2n) is 6.77. The van der Waals surface area contributed by atoms with Gasteiger partial charge in [-0.25, -0.2) is 0 Å². The van der Waals surface area contributed by atoms with E-state index in [1.165, 1.54) is 15.5 Å². The fraction of sp³-hybridized carbons (Fsp3) is 0.190. The summed E-state index contributed by atoms with van der Waals surface area (Å²) in [7, 11) is 1.62. The smallest absolute Gasteiger partial charge is 0.261 e. The Hall–Kier alpha value is -3.19. The molecule has 0 fully saturated rings. The Morgan fingerprint density at radius 2 is 1.96 bits per heavy atom. The van der Waals surface area contributed by atoms with E-state index in [9.17, 15) is 9.59 Å². The molecule has 0 bridgehead atoms. The third-order valence-corrected chi connectivity index (χ3v) is 5.32. The molecule has 0 aliphatic heterocycles. The van der Waals surface area contributed by atoms with Crippen molar-refractivity contribution in [2.24, 2.45) is 7.05 Å². The normalized spacial score (nSPS) is 11.2. The highest BCUT2D eigenvalue weighted by atomic mass is 32.1. The third-order valence-electron chi connectivity index (χ3n) is 4.95. The van der Waals surface area contributed by atoms with Gasteiger partial charge in [0.2, 0.25) is 0 Å². The molecule has 2 aromatic carbocycles. The molecule has 4 aromatic rings. The molecule has 7 heteroatoms. The van der Waals surface area contributed by atoms with Gasteiger partial charge in [-0.3, -0.25) is 14.2 Å². The summed E-state index contributed by atoms with van der Waals surface area (Å²) in [5.74, 6) is -0.166. The lowest BCUT2D eigenvalue weighted by molar-refractivity contribution is 0.0953. The van der Waals surface area contributed by atoms with E-state index in [1.54, 1.807) is 25.2 Å². The van der Waals surface area contributed by atoms with Crippen molar-refractivity contribution in [1.82, 2.24) is 19.9 Å². The second-order valence-corrected chi connectivity index (χ2v) is 7.16. The lowest BCUT2D eigenvalue weighted by Crippen LogP contribution is -2.25. The Kier molecular flexibility index (Phi) is 4.83. The van der Waals surface area contributed by atoms with Crippen LogP contribution >= 0.6 is 12.2 Å². The van der Waals surface area contributed by atoms with Crippen LogP contribution in [-0.2, 0) is 13.5 Å². The largest absolute Gasteiger partial charge is 0.361 e. The number of hydrogen-bond donors (Lipinski definition) is 3. The number of rotatable bonds is 5. The molecule has 1 amide bonds. The summed E-state index contributed by atoms with van der Waals surface area (Å²) in [6.45, 7) is 0.572. The molecule has 0 saturated carbocycles. The molecular formula is C21H20N4O2S. The van der Waals surface area contributed by atoms with Gasteiger partial charge in [0.15, 0.2) is 4.77 Å². The first-order chi connectivity index (χ1) is 13.5. The third kappa shape index (κ3) is 3.36. The first kappa shape index (κ1) is 18.2. The molecule has 6 nitrogen and oxygen atoms in total. The summed E-state index contributed by atoms with van der Waals surface area (Å²) in [4.78, 5) is 30.9. The minimum absolute atomic E-state index is 0.166. The number of hydrogen-bond acceptors (Lipinski definition) is 3. The maximum atomic E-state index is 12.5. The molecule has 0 atom stereocenters. The number of nitrogens with zero attached hydrogens (tertiary/aromatic N) is 1. The van der Waals surface area contributed by atoms with Gasteiger partial charge in [-0.2, -0.15) is 0 Å². The molecule has 0 aliphatic rings. The number of aryl methyl sites for hydroxylation is 1. The van der Waals surface area contributed by atoms with E-state index in [0.717, 1.165) is 18.4 Å². The summed E-state index contributed by atoms with van der Waals surface area (Å²) in [6.07, 6.45) is 3.74. The molecule has 28 heavy (non-hydrogen) atoms. The number of aromatic nitrogens is 3. The average molecular weight is 392 g/mol. The van der Waals surface area contributed by atoms with Gasteiger partial charge in [0.05, 0.1) is 10.9 Å². The summed E-state index contributed by atoms with van der Waals surface area (Å²) >= 11 is 5.14. The summed E-state index contributed by atoms with van der Waals surface area (Å²) in [6, 6.07) is 13.2. The van der Waals surface area contributed by atoms with Crippen LogP contribution in [0.15, 0.2) is 53.5 Å². The van der Waals surface area contributed by atoms with E-state index in [4.69, 9.17) is 12.2 Å². The summed E-state index contributed by atoms with van der Waals surface area (Å²) < 4.78 is 1.70. The lowest BCUT2D eigenvalue weighted by Gasteiger charge is -2.07. The Balaban J connectivity index is 1.42. The maximum absolute atomic E-state index is 12.5. The summed E-state index contributed by atoms with van der Waals surface area (Å²) in [5.41, 5.74) is 3.27. The first-order valence-corrected chi connectivity index (χ1v) is 9.51.